The summed E-state index contributed by atoms with van der Waals surface area (Å²) in [4.78, 5) is 3.41. The van der Waals surface area contributed by atoms with E-state index in [1.807, 2.05) is 0 Å². The number of aromatic amines is 1. The molecular formula is C12H14N2. The zero-order valence-electron chi connectivity index (χ0n) is 8.25. The van der Waals surface area contributed by atoms with Crippen LogP contribution in [0.2, 0.25) is 0 Å². The highest BCUT2D eigenvalue weighted by Crippen LogP contribution is 2.43. The van der Waals surface area contributed by atoms with Gasteiger partial charge in [-0.25, -0.2) is 0 Å². The molecule has 1 saturated carbocycles. The minimum atomic E-state index is 0.382. The van der Waals surface area contributed by atoms with Gasteiger partial charge in [0.25, 0.3) is 0 Å². The van der Waals surface area contributed by atoms with Crippen molar-refractivity contribution in [2.45, 2.75) is 25.3 Å². The van der Waals surface area contributed by atoms with Gasteiger partial charge in [0.1, 0.15) is 0 Å². The molecule has 3 rings (SSSR count). The van der Waals surface area contributed by atoms with E-state index in [4.69, 9.17) is 5.73 Å². The van der Waals surface area contributed by atoms with Crippen LogP contribution in [0.4, 0.5) is 0 Å². The number of nitrogens with one attached hydrogen (secondary N) is 1. The van der Waals surface area contributed by atoms with Gasteiger partial charge in [0.15, 0.2) is 0 Å². The third-order valence-corrected chi connectivity index (χ3v) is 3.15. The summed E-state index contributed by atoms with van der Waals surface area (Å²) in [6, 6.07) is 8.84. The van der Waals surface area contributed by atoms with E-state index >= 15 is 0 Å². The average Bonchev–Trinajstić information content (AvgIpc) is 2.78. The fourth-order valence-electron chi connectivity index (χ4n) is 2.32. The van der Waals surface area contributed by atoms with Crippen LogP contribution < -0.4 is 5.73 Å². The fraction of sp³-hybridized carbons (Fsp3) is 0.333. The van der Waals surface area contributed by atoms with Crippen molar-refractivity contribution in [3.8, 4) is 0 Å². The molecule has 2 atom stereocenters. The molecule has 0 bridgehead atoms. The minimum absolute atomic E-state index is 0.382. The van der Waals surface area contributed by atoms with Gasteiger partial charge in [0.05, 0.1) is 0 Å². The lowest BCUT2D eigenvalue weighted by Crippen LogP contribution is -2.01. The molecule has 1 fully saturated rings. The molecule has 1 aliphatic carbocycles. The lowest BCUT2D eigenvalue weighted by molar-refractivity contribution is 0.984. The molecule has 0 saturated heterocycles. The number of H-pyrrole nitrogens is 1. The predicted molar refractivity (Wildman–Crippen MR) is 58.4 cm³/mol. The SMILES string of the molecule is Cc1[nH]c2ccccc2c1C1CC1N. The van der Waals surface area contributed by atoms with Crippen molar-refractivity contribution in [1.82, 2.24) is 4.98 Å². The molecule has 3 N–H and O–H groups in total. The van der Waals surface area contributed by atoms with Crippen LogP contribution >= 0.6 is 0 Å². The highest BCUT2D eigenvalue weighted by Gasteiger charge is 2.37. The van der Waals surface area contributed by atoms with Crippen molar-refractivity contribution >= 4 is 10.9 Å². The minimum Gasteiger partial charge on any atom is -0.358 e. The van der Waals surface area contributed by atoms with Crippen molar-refractivity contribution in [2.75, 3.05) is 0 Å². The number of para-hydroxylation sites is 1. The monoisotopic (exact) mass is 186 g/mol. The summed E-state index contributed by atoms with van der Waals surface area (Å²) >= 11 is 0. The second-order valence-corrected chi connectivity index (χ2v) is 4.22. The first-order valence-electron chi connectivity index (χ1n) is 5.10. The number of aryl methyl sites for hydroxylation is 1. The third-order valence-electron chi connectivity index (χ3n) is 3.15. The summed E-state index contributed by atoms with van der Waals surface area (Å²) in [6.45, 7) is 2.14. The molecule has 1 aromatic carbocycles. The standard InChI is InChI=1S/C12H14N2/c1-7-12(9-6-10(9)13)8-4-2-3-5-11(8)14-7/h2-5,9-10,14H,6,13H2,1H3. The third kappa shape index (κ3) is 1.01. The first-order valence-corrected chi connectivity index (χ1v) is 5.10. The van der Waals surface area contributed by atoms with Crippen molar-refractivity contribution in [1.29, 1.82) is 0 Å². The Hall–Kier alpha value is -1.28. The molecule has 0 spiro atoms. The molecule has 2 unspecified atom stereocenters. The van der Waals surface area contributed by atoms with Crippen LogP contribution in [0.5, 0.6) is 0 Å². The van der Waals surface area contributed by atoms with Gasteiger partial charge in [0.2, 0.25) is 0 Å². The van der Waals surface area contributed by atoms with E-state index in [0.29, 0.717) is 12.0 Å². The molecule has 14 heavy (non-hydrogen) atoms. The molecule has 1 heterocycles. The van der Waals surface area contributed by atoms with Crippen molar-refractivity contribution < 1.29 is 0 Å². The van der Waals surface area contributed by atoms with Crippen molar-refractivity contribution in [3.05, 3.63) is 35.5 Å². The molecule has 2 nitrogen and oxygen atoms in total. The lowest BCUT2D eigenvalue weighted by atomic mass is 10.1. The van der Waals surface area contributed by atoms with Gasteiger partial charge < -0.3 is 10.7 Å². The Labute approximate surface area is 83.1 Å². The first-order chi connectivity index (χ1) is 6.77. The quantitative estimate of drug-likeness (QED) is 0.705. The Kier molecular flexibility index (Phi) is 1.50. The second-order valence-electron chi connectivity index (χ2n) is 4.22. The summed E-state index contributed by atoms with van der Waals surface area (Å²) in [7, 11) is 0. The van der Waals surface area contributed by atoms with E-state index < -0.39 is 0 Å². The van der Waals surface area contributed by atoms with Gasteiger partial charge in [-0.1, -0.05) is 18.2 Å². The zero-order valence-corrected chi connectivity index (χ0v) is 8.25. The Bertz CT molecular complexity index is 484. The summed E-state index contributed by atoms with van der Waals surface area (Å²) in [6.07, 6.45) is 1.14. The Balaban J connectivity index is 2.25. The lowest BCUT2D eigenvalue weighted by Gasteiger charge is -1.97. The molecule has 1 aliphatic rings. The Morgan fingerprint density at radius 2 is 2.07 bits per heavy atom. The van der Waals surface area contributed by atoms with Gasteiger partial charge >= 0.3 is 0 Å². The summed E-state index contributed by atoms with van der Waals surface area (Å²) in [5.41, 5.74) is 9.86. The number of rotatable bonds is 1. The van der Waals surface area contributed by atoms with Crippen LogP contribution in [0.15, 0.2) is 24.3 Å². The van der Waals surface area contributed by atoms with Gasteiger partial charge in [0, 0.05) is 28.6 Å². The number of benzene rings is 1. The fourth-order valence-corrected chi connectivity index (χ4v) is 2.32. The largest absolute Gasteiger partial charge is 0.358 e. The number of fused-ring (bicyclic) bond motifs is 1. The van der Waals surface area contributed by atoms with Gasteiger partial charge in [-0.3, -0.25) is 0 Å². The molecule has 2 aromatic rings. The number of nitrogens with two attached hydrogens (primary N) is 1. The average molecular weight is 186 g/mol. The van der Waals surface area contributed by atoms with Crippen LogP contribution in [0.25, 0.3) is 10.9 Å². The highest BCUT2D eigenvalue weighted by molar-refractivity contribution is 5.85. The molecule has 2 heteroatoms. The van der Waals surface area contributed by atoms with Crippen molar-refractivity contribution in [3.63, 3.8) is 0 Å². The van der Waals surface area contributed by atoms with Crippen molar-refractivity contribution in [2.24, 2.45) is 5.73 Å². The number of aromatic nitrogens is 1. The van der Waals surface area contributed by atoms with E-state index in [1.165, 1.54) is 22.2 Å². The zero-order chi connectivity index (χ0) is 9.71. The Morgan fingerprint density at radius 1 is 1.36 bits per heavy atom. The van der Waals surface area contributed by atoms with Crippen LogP contribution in [-0.4, -0.2) is 11.0 Å². The van der Waals surface area contributed by atoms with E-state index in [-0.39, 0.29) is 0 Å². The van der Waals surface area contributed by atoms with Crippen LogP contribution in [-0.2, 0) is 0 Å². The van der Waals surface area contributed by atoms with Gasteiger partial charge in [-0.05, 0) is 25.0 Å². The maximum atomic E-state index is 5.90. The highest BCUT2D eigenvalue weighted by atomic mass is 14.8. The van der Waals surface area contributed by atoms with Crippen LogP contribution in [0.3, 0.4) is 0 Å². The number of hydrogen-bond acceptors (Lipinski definition) is 1. The molecule has 1 aromatic heterocycles. The normalized spacial score (nSPS) is 25.6. The Morgan fingerprint density at radius 3 is 2.79 bits per heavy atom. The molecule has 72 valence electrons. The predicted octanol–water partition coefficient (Wildman–Crippen LogP) is 2.29. The van der Waals surface area contributed by atoms with E-state index in [0.717, 1.165) is 6.42 Å². The van der Waals surface area contributed by atoms with E-state index in [9.17, 15) is 0 Å². The first kappa shape index (κ1) is 8.06. The molecule has 0 radical (unpaired) electrons. The number of hydrogen-bond donors (Lipinski definition) is 2. The van der Waals surface area contributed by atoms with Crippen LogP contribution in [0, 0.1) is 6.92 Å². The van der Waals surface area contributed by atoms with Gasteiger partial charge in [-0.2, -0.15) is 0 Å². The summed E-state index contributed by atoms with van der Waals surface area (Å²) in [5.74, 6) is 0.589. The topological polar surface area (TPSA) is 41.8 Å². The van der Waals surface area contributed by atoms with Crippen LogP contribution in [0.1, 0.15) is 23.6 Å². The molecule has 0 aliphatic heterocycles. The van der Waals surface area contributed by atoms with E-state index in [1.54, 1.807) is 0 Å². The summed E-state index contributed by atoms with van der Waals surface area (Å²) in [5, 5.41) is 1.35. The van der Waals surface area contributed by atoms with Gasteiger partial charge in [-0.15, -0.1) is 0 Å². The molecule has 0 amide bonds. The maximum Gasteiger partial charge on any atom is 0.0458 e. The smallest absolute Gasteiger partial charge is 0.0458 e. The summed E-state index contributed by atoms with van der Waals surface area (Å²) < 4.78 is 0. The molecular weight excluding hydrogens is 172 g/mol. The van der Waals surface area contributed by atoms with E-state index in [2.05, 4.69) is 36.2 Å². The maximum absolute atomic E-state index is 5.90. The second kappa shape index (κ2) is 2.61.